The zero-order chi connectivity index (χ0) is 18.0. The smallest absolute Gasteiger partial charge is 0.174 e. The quantitative estimate of drug-likeness (QED) is 0.542. The Labute approximate surface area is 155 Å². The molecule has 1 heterocycles. The van der Waals surface area contributed by atoms with E-state index in [-0.39, 0.29) is 5.79 Å². The summed E-state index contributed by atoms with van der Waals surface area (Å²) in [6.45, 7) is 16.2. The lowest BCUT2D eigenvalue weighted by Gasteiger charge is -2.45. The Morgan fingerprint density at radius 2 is 1.04 bits per heavy atom. The van der Waals surface area contributed by atoms with Crippen LogP contribution in [0.15, 0.2) is 0 Å². The summed E-state index contributed by atoms with van der Waals surface area (Å²) < 4.78 is 13.1. The molecular formula is C23H40O2. The fourth-order valence-corrected chi connectivity index (χ4v) is 7.06. The third-order valence-corrected chi connectivity index (χ3v) is 8.58. The van der Waals surface area contributed by atoms with Crippen molar-refractivity contribution in [3.63, 3.8) is 0 Å². The van der Waals surface area contributed by atoms with Crippen molar-refractivity contribution in [3.8, 4) is 0 Å². The molecule has 0 bridgehead atoms. The molecule has 2 heteroatoms. The maximum absolute atomic E-state index is 6.54. The van der Waals surface area contributed by atoms with E-state index in [4.69, 9.17) is 9.47 Å². The predicted molar refractivity (Wildman–Crippen MR) is 102 cm³/mol. The highest BCUT2D eigenvalue weighted by Crippen LogP contribution is 2.65. The summed E-state index contributed by atoms with van der Waals surface area (Å²) in [7, 11) is 0. The van der Waals surface area contributed by atoms with Crippen molar-refractivity contribution in [2.24, 2.45) is 46.3 Å². The molecule has 0 N–H and O–H groups in total. The molecule has 2 nitrogen and oxygen atoms in total. The Hall–Kier alpha value is -0.0800. The van der Waals surface area contributed by atoms with Crippen LogP contribution in [0.25, 0.3) is 0 Å². The number of ether oxygens (including phenoxy) is 2. The van der Waals surface area contributed by atoms with Crippen molar-refractivity contribution in [3.05, 3.63) is 0 Å². The summed E-state index contributed by atoms with van der Waals surface area (Å²) in [6, 6.07) is 0. The molecule has 1 spiro atoms. The van der Waals surface area contributed by atoms with Crippen LogP contribution in [0.4, 0.5) is 0 Å². The Balaban J connectivity index is 1.64. The van der Waals surface area contributed by atoms with Gasteiger partial charge in [-0.1, -0.05) is 41.5 Å². The minimum Gasteiger partial charge on any atom is -0.347 e. The molecule has 1 saturated heterocycles. The average molecular weight is 349 g/mol. The third-order valence-electron chi connectivity index (χ3n) is 8.58. The van der Waals surface area contributed by atoms with E-state index in [1.807, 2.05) is 0 Å². The summed E-state index contributed by atoms with van der Waals surface area (Å²) in [5.74, 6) is 4.38. The molecule has 25 heavy (non-hydrogen) atoms. The van der Waals surface area contributed by atoms with Gasteiger partial charge in [0, 0.05) is 11.8 Å². The highest BCUT2D eigenvalue weighted by molar-refractivity contribution is 5.09. The summed E-state index contributed by atoms with van der Waals surface area (Å²) in [5.41, 5.74) is 0.818. The van der Waals surface area contributed by atoms with Gasteiger partial charge < -0.3 is 9.47 Å². The molecule has 6 unspecified atom stereocenters. The van der Waals surface area contributed by atoms with Gasteiger partial charge in [0.25, 0.3) is 0 Å². The number of hydrogen-bond donors (Lipinski definition) is 0. The molecule has 1 aliphatic heterocycles. The molecule has 0 aromatic rings. The van der Waals surface area contributed by atoms with E-state index in [2.05, 4.69) is 41.5 Å². The zero-order valence-electron chi connectivity index (χ0n) is 17.4. The topological polar surface area (TPSA) is 18.5 Å². The molecule has 4 fully saturated rings. The fourth-order valence-electron chi connectivity index (χ4n) is 7.06. The lowest BCUT2D eigenvalue weighted by molar-refractivity contribution is -0.229. The first-order chi connectivity index (χ1) is 11.6. The highest BCUT2D eigenvalue weighted by atomic mass is 16.7. The van der Waals surface area contributed by atoms with Crippen LogP contribution in [0.3, 0.4) is 0 Å². The van der Waals surface area contributed by atoms with Gasteiger partial charge in [0.2, 0.25) is 0 Å². The van der Waals surface area contributed by atoms with Crippen LogP contribution in [0.5, 0.6) is 0 Å². The normalized spacial score (nSPS) is 43.9. The molecule has 4 aliphatic rings. The summed E-state index contributed by atoms with van der Waals surface area (Å²) in [6.07, 6.45) is 8.27. The second-order valence-electron chi connectivity index (χ2n) is 11.7. The second-order valence-corrected chi connectivity index (χ2v) is 11.7. The Kier molecular flexibility index (Phi) is 4.36. The Morgan fingerprint density at radius 1 is 0.640 bits per heavy atom. The van der Waals surface area contributed by atoms with Gasteiger partial charge >= 0.3 is 0 Å². The molecule has 0 radical (unpaired) electrons. The van der Waals surface area contributed by atoms with Crippen molar-refractivity contribution in [2.45, 2.75) is 85.9 Å². The molecule has 4 rings (SSSR count). The van der Waals surface area contributed by atoms with Crippen LogP contribution in [0.2, 0.25) is 0 Å². The van der Waals surface area contributed by atoms with Gasteiger partial charge in [-0.25, -0.2) is 0 Å². The zero-order valence-corrected chi connectivity index (χ0v) is 17.4. The van der Waals surface area contributed by atoms with Crippen LogP contribution >= 0.6 is 0 Å². The predicted octanol–water partition coefficient (Wildman–Crippen LogP) is 5.90. The summed E-state index contributed by atoms with van der Waals surface area (Å²) in [4.78, 5) is 0. The summed E-state index contributed by atoms with van der Waals surface area (Å²) >= 11 is 0. The van der Waals surface area contributed by atoms with E-state index in [0.717, 1.165) is 36.9 Å². The third kappa shape index (κ3) is 2.90. The van der Waals surface area contributed by atoms with Gasteiger partial charge in [0.15, 0.2) is 5.79 Å². The van der Waals surface area contributed by atoms with Gasteiger partial charge in [-0.15, -0.1) is 0 Å². The van der Waals surface area contributed by atoms with E-state index in [1.165, 1.54) is 38.5 Å². The lowest BCUT2D eigenvalue weighted by Crippen LogP contribution is -2.47. The molecule has 0 aromatic carbocycles. The minimum absolute atomic E-state index is 0.233. The number of rotatable bonds is 0. The maximum Gasteiger partial charge on any atom is 0.174 e. The fraction of sp³-hybridized carbons (Fsp3) is 1.00. The van der Waals surface area contributed by atoms with Crippen LogP contribution in [0, 0.1) is 46.3 Å². The van der Waals surface area contributed by atoms with Crippen LogP contribution in [-0.4, -0.2) is 19.0 Å². The van der Waals surface area contributed by atoms with E-state index in [0.29, 0.717) is 22.7 Å². The highest BCUT2D eigenvalue weighted by Gasteiger charge is 2.65. The van der Waals surface area contributed by atoms with Crippen molar-refractivity contribution >= 4 is 0 Å². The van der Waals surface area contributed by atoms with Gasteiger partial charge in [-0.05, 0) is 73.0 Å². The Morgan fingerprint density at radius 3 is 1.40 bits per heavy atom. The molecule has 6 atom stereocenters. The number of fused-ring (bicyclic) bond motifs is 5. The molecular weight excluding hydrogens is 308 g/mol. The van der Waals surface area contributed by atoms with Crippen molar-refractivity contribution in [2.75, 3.05) is 13.2 Å². The van der Waals surface area contributed by atoms with Crippen LogP contribution < -0.4 is 0 Å². The molecule has 144 valence electrons. The van der Waals surface area contributed by atoms with Crippen molar-refractivity contribution < 1.29 is 9.47 Å². The van der Waals surface area contributed by atoms with Crippen LogP contribution in [-0.2, 0) is 9.47 Å². The van der Waals surface area contributed by atoms with E-state index >= 15 is 0 Å². The van der Waals surface area contributed by atoms with E-state index in [1.54, 1.807) is 0 Å². The minimum atomic E-state index is -0.233. The average Bonchev–Trinajstić information content (AvgIpc) is 3.11. The standard InChI is InChI=1S/C23H40O2/c1-21(2,3)15-7-9-17-18-10-8-16(22(4,5)6)14-20(18)23(19(17)13-15)24-11-12-25-23/h15-20H,7-14H2,1-6H3. The molecule has 3 saturated carbocycles. The van der Waals surface area contributed by atoms with E-state index in [9.17, 15) is 0 Å². The van der Waals surface area contributed by atoms with Crippen molar-refractivity contribution in [1.29, 1.82) is 0 Å². The van der Waals surface area contributed by atoms with E-state index < -0.39 is 0 Å². The monoisotopic (exact) mass is 348 g/mol. The first-order valence-corrected chi connectivity index (χ1v) is 10.9. The van der Waals surface area contributed by atoms with Gasteiger partial charge in [-0.3, -0.25) is 0 Å². The molecule has 0 aromatic heterocycles. The second kappa shape index (κ2) is 5.96. The Bertz CT molecular complexity index is 451. The maximum atomic E-state index is 6.54. The summed E-state index contributed by atoms with van der Waals surface area (Å²) in [5, 5.41) is 0. The van der Waals surface area contributed by atoms with Gasteiger partial charge in [0.05, 0.1) is 13.2 Å². The molecule has 0 amide bonds. The number of hydrogen-bond acceptors (Lipinski definition) is 2. The molecule has 3 aliphatic carbocycles. The van der Waals surface area contributed by atoms with Crippen LogP contribution in [0.1, 0.15) is 80.1 Å². The van der Waals surface area contributed by atoms with Gasteiger partial charge in [-0.2, -0.15) is 0 Å². The largest absolute Gasteiger partial charge is 0.347 e. The van der Waals surface area contributed by atoms with Crippen molar-refractivity contribution in [1.82, 2.24) is 0 Å². The first-order valence-electron chi connectivity index (χ1n) is 10.9. The first kappa shape index (κ1) is 18.3. The SMILES string of the molecule is CC(C)(C)C1CCC2C3CCC(C(C)(C)C)CC3C3(OCCO3)C2C1. The van der Waals surface area contributed by atoms with Gasteiger partial charge in [0.1, 0.15) is 0 Å². The lowest BCUT2D eigenvalue weighted by atomic mass is 9.62.